The predicted molar refractivity (Wildman–Crippen MR) is 108 cm³/mol. The summed E-state index contributed by atoms with van der Waals surface area (Å²) in [4.78, 5) is 10.8. The predicted octanol–water partition coefficient (Wildman–Crippen LogP) is 3.60. The van der Waals surface area contributed by atoms with Crippen molar-refractivity contribution < 1.29 is 14.4 Å². The number of rotatable bonds is 5. The van der Waals surface area contributed by atoms with E-state index in [0.717, 1.165) is 5.56 Å². The second-order valence-corrected chi connectivity index (χ2v) is 6.56. The maximum absolute atomic E-state index is 11.3. The fourth-order valence-corrected chi connectivity index (χ4v) is 3.52. The number of nitrogens with one attached hydrogen (secondary N) is 1. The van der Waals surface area contributed by atoms with Crippen LogP contribution >= 0.6 is 0 Å². The van der Waals surface area contributed by atoms with Crippen molar-refractivity contribution >= 4 is 5.69 Å². The molecule has 3 N–H and O–H groups in total. The monoisotopic (exact) mass is 403 g/mol. The van der Waals surface area contributed by atoms with Crippen molar-refractivity contribution in [2.75, 3.05) is 6.61 Å². The highest BCUT2D eigenvalue weighted by molar-refractivity contribution is 5.72. The van der Waals surface area contributed by atoms with E-state index in [9.17, 15) is 15.4 Å². The lowest BCUT2D eigenvalue weighted by atomic mass is 9.83. The zero-order valence-electron chi connectivity index (χ0n) is 16.0. The van der Waals surface area contributed by atoms with Crippen LogP contribution in [0.25, 0.3) is 11.3 Å². The standard InChI is InChI=1S/C21H17N5O4/c1-2-29-15-8-4-6-13(10-15)19-18-17(12-5-3-7-14(9-12)26(27)28)16(11-22)20(23)30-21(18)25-24-19/h3-10,17H,2,23H2,1H3,(H,24,25). The Morgan fingerprint density at radius 3 is 2.87 bits per heavy atom. The highest BCUT2D eigenvalue weighted by atomic mass is 16.6. The van der Waals surface area contributed by atoms with E-state index in [0.29, 0.717) is 29.2 Å². The number of nitro benzene ring substituents is 1. The van der Waals surface area contributed by atoms with E-state index in [1.165, 1.54) is 12.1 Å². The van der Waals surface area contributed by atoms with Gasteiger partial charge in [-0.3, -0.25) is 15.2 Å². The van der Waals surface area contributed by atoms with Crippen LogP contribution in [0.15, 0.2) is 60.0 Å². The average molecular weight is 403 g/mol. The van der Waals surface area contributed by atoms with E-state index in [1.54, 1.807) is 12.1 Å². The fraction of sp³-hybridized carbons (Fsp3) is 0.143. The van der Waals surface area contributed by atoms with Crippen molar-refractivity contribution in [3.05, 3.63) is 81.2 Å². The maximum Gasteiger partial charge on any atom is 0.269 e. The highest BCUT2D eigenvalue weighted by Gasteiger charge is 2.36. The summed E-state index contributed by atoms with van der Waals surface area (Å²) in [6, 6.07) is 15.6. The molecule has 9 heteroatoms. The molecule has 4 rings (SSSR count). The molecule has 30 heavy (non-hydrogen) atoms. The van der Waals surface area contributed by atoms with Crippen molar-refractivity contribution in [3.63, 3.8) is 0 Å². The summed E-state index contributed by atoms with van der Waals surface area (Å²) in [6.07, 6.45) is 0. The molecule has 0 bridgehead atoms. The molecular formula is C21H17N5O4. The lowest BCUT2D eigenvalue weighted by Crippen LogP contribution is -2.21. The number of nitrogens with zero attached hydrogens (tertiary/aromatic N) is 3. The van der Waals surface area contributed by atoms with Gasteiger partial charge in [0.1, 0.15) is 17.4 Å². The molecule has 0 saturated carbocycles. The molecule has 2 heterocycles. The Morgan fingerprint density at radius 1 is 1.33 bits per heavy atom. The number of nitriles is 1. The van der Waals surface area contributed by atoms with Gasteiger partial charge in [-0.25, -0.2) is 0 Å². The molecule has 2 aromatic carbocycles. The molecular weight excluding hydrogens is 386 g/mol. The van der Waals surface area contributed by atoms with Gasteiger partial charge in [0.25, 0.3) is 5.69 Å². The number of aromatic amines is 1. The third kappa shape index (κ3) is 3.20. The third-order valence-electron chi connectivity index (χ3n) is 4.79. The van der Waals surface area contributed by atoms with Crippen molar-refractivity contribution in [1.29, 1.82) is 5.26 Å². The van der Waals surface area contributed by atoms with Gasteiger partial charge in [0, 0.05) is 17.7 Å². The summed E-state index contributed by atoms with van der Waals surface area (Å²) < 4.78 is 11.2. The molecule has 9 nitrogen and oxygen atoms in total. The lowest BCUT2D eigenvalue weighted by Gasteiger charge is -2.24. The summed E-state index contributed by atoms with van der Waals surface area (Å²) in [5, 5.41) is 28.2. The Balaban J connectivity index is 1.91. The van der Waals surface area contributed by atoms with Crippen molar-refractivity contribution in [1.82, 2.24) is 10.2 Å². The molecule has 3 aromatic rings. The van der Waals surface area contributed by atoms with Crippen molar-refractivity contribution in [2.24, 2.45) is 5.73 Å². The summed E-state index contributed by atoms with van der Waals surface area (Å²) >= 11 is 0. The largest absolute Gasteiger partial charge is 0.494 e. The Hall–Kier alpha value is -4.32. The molecule has 0 radical (unpaired) electrons. The van der Waals surface area contributed by atoms with E-state index in [2.05, 4.69) is 16.3 Å². The van der Waals surface area contributed by atoms with Gasteiger partial charge in [-0.15, -0.1) is 5.10 Å². The molecule has 150 valence electrons. The highest BCUT2D eigenvalue weighted by Crippen LogP contribution is 2.46. The number of H-pyrrole nitrogens is 1. The fourth-order valence-electron chi connectivity index (χ4n) is 3.52. The van der Waals surface area contributed by atoms with Crippen LogP contribution in [0.5, 0.6) is 11.6 Å². The van der Waals surface area contributed by atoms with Gasteiger partial charge in [0.05, 0.1) is 28.7 Å². The van der Waals surface area contributed by atoms with Gasteiger partial charge in [-0.1, -0.05) is 24.3 Å². The van der Waals surface area contributed by atoms with Gasteiger partial charge in [0.2, 0.25) is 11.8 Å². The van der Waals surface area contributed by atoms with Crippen LogP contribution in [0.2, 0.25) is 0 Å². The van der Waals surface area contributed by atoms with Crippen LogP contribution in [0.1, 0.15) is 24.0 Å². The number of ether oxygens (including phenoxy) is 2. The number of nitrogens with two attached hydrogens (primary N) is 1. The van der Waals surface area contributed by atoms with Crippen LogP contribution in [-0.4, -0.2) is 21.7 Å². The second kappa shape index (κ2) is 7.60. The van der Waals surface area contributed by atoms with Crippen LogP contribution < -0.4 is 15.2 Å². The number of non-ortho nitro benzene ring substituents is 1. The number of aromatic nitrogens is 2. The van der Waals surface area contributed by atoms with Gasteiger partial charge < -0.3 is 15.2 Å². The van der Waals surface area contributed by atoms with Gasteiger partial charge in [-0.05, 0) is 24.6 Å². The average Bonchev–Trinajstić information content (AvgIpc) is 3.16. The van der Waals surface area contributed by atoms with Crippen LogP contribution in [0.3, 0.4) is 0 Å². The molecule has 0 fully saturated rings. The molecule has 0 saturated heterocycles. The minimum atomic E-state index is -0.678. The topological polar surface area (TPSA) is 140 Å². The SMILES string of the molecule is CCOc1cccc(-c2[nH]nc3c2C(c2cccc([N+](=O)[O-])c2)C(C#N)=C(N)O3)c1. The molecule has 1 unspecified atom stereocenters. The zero-order chi connectivity index (χ0) is 21.3. The lowest BCUT2D eigenvalue weighted by molar-refractivity contribution is -0.384. The molecule has 0 amide bonds. The summed E-state index contributed by atoms with van der Waals surface area (Å²) in [7, 11) is 0. The number of nitro groups is 1. The minimum absolute atomic E-state index is 0.0809. The zero-order valence-corrected chi connectivity index (χ0v) is 16.0. The smallest absolute Gasteiger partial charge is 0.269 e. The molecule has 1 aromatic heterocycles. The van der Waals surface area contributed by atoms with Gasteiger partial charge in [0.15, 0.2) is 0 Å². The molecule has 1 aliphatic rings. The Kier molecular flexibility index (Phi) is 4.82. The van der Waals surface area contributed by atoms with Gasteiger partial charge in [-0.2, -0.15) is 5.26 Å². The van der Waals surface area contributed by atoms with E-state index in [-0.39, 0.29) is 23.0 Å². The van der Waals surface area contributed by atoms with Crippen LogP contribution in [0.4, 0.5) is 5.69 Å². The number of hydrogen-bond acceptors (Lipinski definition) is 7. The Morgan fingerprint density at radius 2 is 2.13 bits per heavy atom. The molecule has 0 spiro atoms. The van der Waals surface area contributed by atoms with E-state index < -0.39 is 10.8 Å². The molecule has 1 atom stereocenters. The van der Waals surface area contributed by atoms with Crippen molar-refractivity contribution in [3.8, 4) is 29.0 Å². The third-order valence-corrected chi connectivity index (χ3v) is 4.79. The van der Waals surface area contributed by atoms with E-state index in [1.807, 2.05) is 31.2 Å². The summed E-state index contributed by atoms with van der Waals surface area (Å²) in [5.41, 5.74) is 8.55. The number of hydrogen-bond donors (Lipinski definition) is 2. The minimum Gasteiger partial charge on any atom is -0.494 e. The maximum atomic E-state index is 11.3. The first-order valence-corrected chi connectivity index (χ1v) is 9.17. The number of benzene rings is 2. The quantitative estimate of drug-likeness (QED) is 0.490. The summed E-state index contributed by atoms with van der Waals surface area (Å²) in [5.74, 6) is 0.142. The Bertz CT molecular complexity index is 1210. The second-order valence-electron chi connectivity index (χ2n) is 6.56. The number of allylic oxidation sites excluding steroid dienone is 1. The van der Waals surface area contributed by atoms with E-state index in [4.69, 9.17) is 15.2 Å². The normalized spacial score (nSPS) is 15.1. The molecule has 1 aliphatic heterocycles. The van der Waals surface area contributed by atoms with Crippen LogP contribution in [-0.2, 0) is 0 Å². The first-order chi connectivity index (χ1) is 14.5. The van der Waals surface area contributed by atoms with Gasteiger partial charge >= 0.3 is 0 Å². The van der Waals surface area contributed by atoms with E-state index >= 15 is 0 Å². The first kappa shape index (κ1) is 19.0. The van der Waals surface area contributed by atoms with Crippen LogP contribution in [0, 0.1) is 21.4 Å². The molecule has 0 aliphatic carbocycles. The first-order valence-electron chi connectivity index (χ1n) is 9.17. The summed E-state index contributed by atoms with van der Waals surface area (Å²) in [6.45, 7) is 2.41. The van der Waals surface area contributed by atoms with Crippen molar-refractivity contribution in [2.45, 2.75) is 12.8 Å². The number of fused-ring (bicyclic) bond motifs is 1. The Labute approximate surface area is 171 Å².